The van der Waals surface area contributed by atoms with Crippen LogP contribution in [0.15, 0.2) is 58.9 Å². The van der Waals surface area contributed by atoms with Gasteiger partial charge in [-0.3, -0.25) is 0 Å². The summed E-state index contributed by atoms with van der Waals surface area (Å²) in [7, 11) is 1.66. The SMILES string of the molecule is CCNC(=NCc1ccc(OCc2ccccc2)c(OC)c1)NCCc1csc(C)n1.I. The Morgan fingerprint density at radius 3 is 2.56 bits per heavy atom. The van der Waals surface area contributed by atoms with Crippen LogP contribution < -0.4 is 20.1 Å². The van der Waals surface area contributed by atoms with Crippen LogP contribution in [-0.4, -0.2) is 31.1 Å². The monoisotopic (exact) mass is 566 g/mol. The van der Waals surface area contributed by atoms with Gasteiger partial charge in [0.1, 0.15) is 6.61 Å². The second kappa shape index (κ2) is 13.9. The normalized spacial score (nSPS) is 10.9. The van der Waals surface area contributed by atoms with Crippen molar-refractivity contribution in [3.63, 3.8) is 0 Å². The van der Waals surface area contributed by atoms with Crippen molar-refractivity contribution in [2.45, 2.75) is 33.4 Å². The van der Waals surface area contributed by atoms with Crippen LogP contribution in [0.3, 0.4) is 0 Å². The fourth-order valence-corrected chi connectivity index (χ4v) is 3.66. The lowest BCUT2D eigenvalue weighted by atomic mass is 10.2. The van der Waals surface area contributed by atoms with E-state index in [0.29, 0.717) is 18.9 Å². The molecule has 32 heavy (non-hydrogen) atoms. The Hall–Kier alpha value is -2.33. The highest BCUT2D eigenvalue weighted by Crippen LogP contribution is 2.29. The Morgan fingerprint density at radius 1 is 1.06 bits per heavy atom. The number of rotatable bonds is 10. The number of nitrogens with zero attached hydrogens (tertiary/aromatic N) is 2. The maximum Gasteiger partial charge on any atom is 0.191 e. The molecule has 0 aliphatic rings. The fraction of sp³-hybridized carbons (Fsp3) is 0.333. The van der Waals surface area contributed by atoms with Crippen molar-refractivity contribution in [1.82, 2.24) is 15.6 Å². The molecule has 6 nitrogen and oxygen atoms in total. The molecule has 3 rings (SSSR count). The van der Waals surface area contributed by atoms with Gasteiger partial charge < -0.3 is 20.1 Å². The third-order valence-electron chi connectivity index (χ3n) is 4.57. The van der Waals surface area contributed by atoms with Gasteiger partial charge >= 0.3 is 0 Å². The van der Waals surface area contributed by atoms with Crippen LogP contribution in [0.1, 0.15) is 28.8 Å². The zero-order valence-corrected chi connectivity index (χ0v) is 21.9. The molecule has 0 bridgehead atoms. The summed E-state index contributed by atoms with van der Waals surface area (Å²) in [6, 6.07) is 16.0. The molecule has 1 heterocycles. The highest BCUT2D eigenvalue weighted by molar-refractivity contribution is 14.0. The zero-order valence-electron chi connectivity index (χ0n) is 18.8. The number of aliphatic imine (C=N–C) groups is 1. The van der Waals surface area contributed by atoms with E-state index >= 15 is 0 Å². The maximum atomic E-state index is 5.94. The molecule has 2 aromatic carbocycles. The molecule has 0 radical (unpaired) electrons. The third kappa shape index (κ3) is 8.31. The van der Waals surface area contributed by atoms with E-state index in [1.165, 1.54) is 0 Å². The molecular weight excluding hydrogens is 535 g/mol. The lowest BCUT2D eigenvalue weighted by molar-refractivity contribution is 0.284. The van der Waals surface area contributed by atoms with Crippen molar-refractivity contribution in [1.29, 1.82) is 0 Å². The van der Waals surface area contributed by atoms with E-state index in [1.54, 1.807) is 18.4 Å². The molecule has 8 heteroatoms. The highest BCUT2D eigenvalue weighted by atomic mass is 127. The van der Waals surface area contributed by atoms with Gasteiger partial charge in [-0.2, -0.15) is 0 Å². The van der Waals surface area contributed by atoms with Gasteiger partial charge in [0, 0.05) is 24.9 Å². The van der Waals surface area contributed by atoms with Gasteiger partial charge in [-0.15, -0.1) is 35.3 Å². The number of hydrogen-bond acceptors (Lipinski definition) is 5. The van der Waals surface area contributed by atoms with E-state index in [2.05, 4.69) is 27.9 Å². The average Bonchev–Trinajstić information content (AvgIpc) is 3.21. The Kier molecular flexibility index (Phi) is 11.3. The number of nitrogens with one attached hydrogen (secondary N) is 2. The summed E-state index contributed by atoms with van der Waals surface area (Å²) in [5, 5.41) is 9.87. The average molecular weight is 567 g/mol. The van der Waals surface area contributed by atoms with Gasteiger partial charge in [-0.25, -0.2) is 9.98 Å². The molecule has 0 saturated carbocycles. The van der Waals surface area contributed by atoms with Crippen molar-refractivity contribution in [2.24, 2.45) is 4.99 Å². The molecule has 172 valence electrons. The molecule has 0 saturated heterocycles. The number of ether oxygens (including phenoxy) is 2. The molecule has 0 fully saturated rings. The number of hydrogen-bond donors (Lipinski definition) is 2. The lowest BCUT2D eigenvalue weighted by Crippen LogP contribution is -2.38. The Balaban J connectivity index is 0.00000363. The number of aryl methyl sites for hydroxylation is 1. The minimum Gasteiger partial charge on any atom is -0.493 e. The topological polar surface area (TPSA) is 67.8 Å². The molecule has 0 amide bonds. The first-order valence-corrected chi connectivity index (χ1v) is 11.3. The van der Waals surface area contributed by atoms with Gasteiger partial charge in [-0.05, 0) is 37.1 Å². The molecule has 0 aliphatic heterocycles. The number of benzene rings is 2. The van der Waals surface area contributed by atoms with Crippen LogP contribution >= 0.6 is 35.3 Å². The second-order valence-electron chi connectivity index (χ2n) is 6.99. The van der Waals surface area contributed by atoms with Crippen LogP contribution in [0.2, 0.25) is 0 Å². The standard InChI is InChI=1S/C24H30N4O2S.HI/c1-4-25-24(26-13-12-21-17-31-18(2)28-21)27-15-20-10-11-22(23(14-20)29-3)30-16-19-8-6-5-7-9-19;/h5-11,14,17H,4,12-13,15-16H2,1-3H3,(H2,25,26,27);1H. The van der Waals surface area contributed by atoms with Crippen LogP contribution in [-0.2, 0) is 19.6 Å². The molecule has 1 aromatic heterocycles. The molecular formula is C24H31IN4O2S. The van der Waals surface area contributed by atoms with Gasteiger partial charge in [0.2, 0.25) is 0 Å². The lowest BCUT2D eigenvalue weighted by Gasteiger charge is -2.13. The summed E-state index contributed by atoms with van der Waals surface area (Å²) in [6.07, 6.45) is 0.871. The van der Waals surface area contributed by atoms with Gasteiger partial charge in [-0.1, -0.05) is 36.4 Å². The van der Waals surface area contributed by atoms with E-state index < -0.39 is 0 Å². The predicted molar refractivity (Wildman–Crippen MR) is 143 cm³/mol. The van der Waals surface area contributed by atoms with E-state index in [1.807, 2.05) is 55.5 Å². The number of halogens is 1. The summed E-state index contributed by atoms with van der Waals surface area (Å²) >= 11 is 1.68. The highest BCUT2D eigenvalue weighted by Gasteiger charge is 2.07. The summed E-state index contributed by atoms with van der Waals surface area (Å²) in [6.45, 7) is 6.71. The summed E-state index contributed by atoms with van der Waals surface area (Å²) in [5.74, 6) is 2.22. The third-order valence-corrected chi connectivity index (χ3v) is 5.39. The first-order valence-electron chi connectivity index (χ1n) is 10.4. The van der Waals surface area contributed by atoms with Crippen molar-refractivity contribution in [2.75, 3.05) is 20.2 Å². The summed E-state index contributed by atoms with van der Waals surface area (Å²) in [5.41, 5.74) is 3.28. The van der Waals surface area contributed by atoms with Crippen molar-refractivity contribution in [3.8, 4) is 11.5 Å². The van der Waals surface area contributed by atoms with Crippen molar-refractivity contribution < 1.29 is 9.47 Å². The first-order chi connectivity index (χ1) is 15.2. The largest absolute Gasteiger partial charge is 0.493 e. The molecule has 3 aromatic rings. The van der Waals surface area contributed by atoms with E-state index in [0.717, 1.165) is 53.0 Å². The number of guanidine groups is 1. The van der Waals surface area contributed by atoms with Crippen LogP contribution in [0, 0.1) is 6.92 Å². The minimum absolute atomic E-state index is 0. The van der Waals surface area contributed by atoms with Crippen molar-refractivity contribution >= 4 is 41.3 Å². The number of aromatic nitrogens is 1. The van der Waals surface area contributed by atoms with E-state index in [-0.39, 0.29) is 24.0 Å². The van der Waals surface area contributed by atoms with Crippen LogP contribution in [0.4, 0.5) is 0 Å². The number of thiazole rings is 1. The number of methoxy groups -OCH3 is 1. The van der Waals surface area contributed by atoms with E-state index in [4.69, 9.17) is 14.5 Å². The van der Waals surface area contributed by atoms with Crippen LogP contribution in [0.25, 0.3) is 0 Å². The quantitative estimate of drug-likeness (QED) is 0.207. The van der Waals surface area contributed by atoms with Gasteiger partial charge in [0.25, 0.3) is 0 Å². The summed E-state index contributed by atoms with van der Waals surface area (Å²) in [4.78, 5) is 9.20. The van der Waals surface area contributed by atoms with Gasteiger partial charge in [0.05, 0.1) is 24.4 Å². The molecule has 0 aliphatic carbocycles. The Morgan fingerprint density at radius 2 is 1.88 bits per heavy atom. The molecule has 0 unspecified atom stereocenters. The summed E-state index contributed by atoms with van der Waals surface area (Å²) < 4.78 is 11.5. The van der Waals surface area contributed by atoms with E-state index in [9.17, 15) is 0 Å². The smallest absolute Gasteiger partial charge is 0.191 e. The predicted octanol–water partition coefficient (Wildman–Crippen LogP) is 4.95. The molecule has 0 spiro atoms. The second-order valence-corrected chi connectivity index (χ2v) is 8.05. The zero-order chi connectivity index (χ0) is 21.9. The molecule has 2 N–H and O–H groups in total. The van der Waals surface area contributed by atoms with Gasteiger partial charge in [0.15, 0.2) is 17.5 Å². The Labute approximate surface area is 211 Å². The fourth-order valence-electron chi connectivity index (χ4n) is 3.01. The minimum atomic E-state index is 0. The first kappa shape index (κ1) is 25.9. The van der Waals surface area contributed by atoms with Crippen molar-refractivity contribution in [3.05, 3.63) is 75.7 Å². The molecule has 0 atom stereocenters. The maximum absolute atomic E-state index is 5.94. The van der Waals surface area contributed by atoms with Crippen LogP contribution in [0.5, 0.6) is 11.5 Å². The Bertz CT molecular complexity index is 979.